The van der Waals surface area contributed by atoms with Gasteiger partial charge in [-0.2, -0.15) is 0 Å². The first kappa shape index (κ1) is 14.8. The molecule has 0 saturated carbocycles. The number of carbonyl (C=O) groups excluding carboxylic acids is 1. The molecule has 5 heteroatoms. The van der Waals surface area contributed by atoms with Crippen LogP contribution in [0.4, 0.5) is 5.69 Å². The Balaban J connectivity index is 1.86. The molecule has 0 bridgehead atoms. The van der Waals surface area contributed by atoms with E-state index < -0.39 is 0 Å². The molecular weight excluding hydrogens is 256 g/mol. The molecule has 110 valence electrons. The summed E-state index contributed by atoms with van der Waals surface area (Å²) >= 11 is 0. The monoisotopic (exact) mass is 278 g/mol. The molecule has 1 aliphatic heterocycles. The van der Waals surface area contributed by atoms with Crippen LogP contribution >= 0.6 is 0 Å². The molecule has 1 unspecified atom stereocenters. The number of benzene rings is 1. The van der Waals surface area contributed by atoms with Crippen LogP contribution < -0.4 is 15.4 Å². The molecule has 1 aliphatic rings. The van der Waals surface area contributed by atoms with Gasteiger partial charge in [-0.1, -0.05) is 12.1 Å². The van der Waals surface area contributed by atoms with Gasteiger partial charge in [-0.3, -0.25) is 4.79 Å². The summed E-state index contributed by atoms with van der Waals surface area (Å²) in [5.41, 5.74) is 0.572. The summed E-state index contributed by atoms with van der Waals surface area (Å²) in [7, 11) is 1.59. The highest BCUT2D eigenvalue weighted by Crippen LogP contribution is 2.23. The van der Waals surface area contributed by atoms with E-state index in [-0.39, 0.29) is 18.0 Å². The van der Waals surface area contributed by atoms with E-state index in [1.165, 1.54) is 0 Å². The fourth-order valence-corrected chi connectivity index (χ4v) is 2.31. The highest BCUT2D eigenvalue weighted by molar-refractivity contribution is 5.93. The van der Waals surface area contributed by atoms with Gasteiger partial charge in [-0.25, -0.2) is 0 Å². The summed E-state index contributed by atoms with van der Waals surface area (Å²) < 4.78 is 10.7. The second kappa shape index (κ2) is 6.72. The number of para-hydroxylation sites is 2. The molecule has 20 heavy (non-hydrogen) atoms. The van der Waals surface area contributed by atoms with Gasteiger partial charge in [0, 0.05) is 12.1 Å². The van der Waals surface area contributed by atoms with E-state index in [1.807, 2.05) is 24.3 Å². The normalized spacial score (nSPS) is 22.3. The molecule has 1 atom stereocenters. The van der Waals surface area contributed by atoms with Crippen molar-refractivity contribution in [3.63, 3.8) is 0 Å². The molecule has 1 amide bonds. The third kappa shape index (κ3) is 3.95. The highest BCUT2D eigenvalue weighted by atomic mass is 16.5. The predicted octanol–water partition coefficient (Wildman–Crippen LogP) is 1.79. The van der Waals surface area contributed by atoms with E-state index in [4.69, 9.17) is 9.47 Å². The summed E-state index contributed by atoms with van der Waals surface area (Å²) in [4.78, 5) is 12.0. The number of hydrogen-bond donors (Lipinski definition) is 2. The zero-order valence-corrected chi connectivity index (χ0v) is 12.1. The van der Waals surface area contributed by atoms with Gasteiger partial charge in [0.1, 0.15) is 5.75 Å². The number of carbonyl (C=O) groups is 1. The molecule has 5 nitrogen and oxygen atoms in total. The van der Waals surface area contributed by atoms with E-state index >= 15 is 0 Å². The van der Waals surface area contributed by atoms with E-state index in [9.17, 15) is 4.79 Å². The SMILES string of the molecule is COc1ccccc1NC(=O)CNC1(C)CCCOC1. The third-order valence-corrected chi connectivity index (χ3v) is 3.49. The first-order valence-electron chi connectivity index (χ1n) is 6.89. The number of methoxy groups -OCH3 is 1. The smallest absolute Gasteiger partial charge is 0.238 e. The van der Waals surface area contributed by atoms with Crippen molar-refractivity contribution in [3.05, 3.63) is 24.3 Å². The van der Waals surface area contributed by atoms with Crippen molar-refractivity contribution in [2.45, 2.75) is 25.3 Å². The summed E-state index contributed by atoms with van der Waals surface area (Å²) in [5, 5.41) is 6.13. The minimum atomic E-state index is -0.115. The van der Waals surface area contributed by atoms with Gasteiger partial charge in [-0.05, 0) is 31.9 Å². The lowest BCUT2D eigenvalue weighted by molar-refractivity contribution is -0.116. The maximum absolute atomic E-state index is 12.0. The molecule has 1 fully saturated rings. The molecular formula is C15H22N2O3. The second-order valence-corrected chi connectivity index (χ2v) is 5.32. The Hall–Kier alpha value is -1.59. The Morgan fingerprint density at radius 1 is 1.45 bits per heavy atom. The van der Waals surface area contributed by atoms with Gasteiger partial charge < -0.3 is 20.1 Å². The average molecular weight is 278 g/mol. The molecule has 0 aliphatic carbocycles. The van der Waals surface area contributed by atoms with Gasteiger partial charge in [0.15, 0.2) is 0 Å². The van der Waals surface area contributed by atoms with Gasteiger partial charge in [0.2, 0.25) is 5.91 Å². The average Bonchev–Trinajstić information content (AvgIpc) is 2.47. The Labute approximate surface area is 119 Å². The van der Waals surface area contributed by atoms with Crippen LogP contribution in [0.2, 0.25) is 0 Å². The van der Waals surface area contributed by atoms with Crippen LogP contribution in [0.1, 0.15) is 19.8 Å². The van der Waals surface area contributed by atoms with Crippen molar-refractivity contribution in [3.8, 4) is 5.75 Å². The fourth-order valence-electron chi connectivity index (χ4n) is 2.31. The van der Waals surface area contributed by atoms with Crippen molar-refractivity contribution in [2.75, 3.05) is 32.2 Å². The largest absolute Gasteiger partial charge is 0.495 e. The zero-order chi connectivity index (χ0) is 14.4. The van der Waals surface area contributed by atoms with Crippen molar-refractivity contribution < 1.29 is 14.3 Å². The number of rotatable bonds is 5. The van der Waals surface area contributed by atoms with Crippen LogP contribution in [0, 0.1) is 0 Å². The van der Waals surface area contributed by atoms with Crippen LogP contribution in [0.15, 0.2) is 24.3 Å². The zero-order valence-electron chi connectivity index (χ0n) is 12.1. The Morgan fingerprint density at radius 3 is 2.95 bits per heavy atom. The van der Waals surface area contributed by atoms with E-state index in [0.29, 0.717) is 18.0 Å². The van der Waals surface area contributed by atoms with Crippen LogP contribution in [-0.2, 0) is 9.53 Å². The molecule has 1 aromatic carbocycles. The predicted molar refractivity (Wildman–Crippen MR) is 78.1 cm³/mol. The topological polar surface area (TPSA) is 59.6 Å². The lowest BCUT2D eigenvalue weighted by Crippen LogP contribution is -2.51. The Morgan fingerprint density at radius 2 is 2.25 bits per heavy atom. The van der Waals surface area contributed by atoms with E-state index in [2.05, 4.69) is 17.6 Å². The summed E-state index contributed by atoms with van der Waals surface area (Å²) in [6.45, 7) is 3.81. The third-order valence-electron chi connectivity index (χ3n) is 3.49. The molecule has 0 radical (unpaired) electrons. The van der Waals surface area contributed by atoms with E-state index in [0.717, 1.165) is 19.4 Å². The molecule has 1 aromatic rings. The Bertz CT molecular complexity index is 456. The summed E-state index contributed by atoms with van der Waals surface area (Å²) in [6.07, 6.45) is 2.05. The van der Waals surface area contributed by atoms with Crippen molar-refractivity contribution in [2.24, 2.45) is 0 Å². The minimum Gasteiger partial charge on any atom is -0.495 e. The first-order valence-corrected chi connectivity index (χ1v) is 6.89. The Kier molecular flexibility index (Phi) is 4.98. The van der Waals surface area contributed by atoms with E-state index in [1.54, 1.807) is 7.11 Å². The number of hydrogen-bond acceptors (Lipinski definition) is 4. The number of ether oxygens (including phenoxy) is 2. The van der Waals surface area contributed by atoms with Crippen molar-refractivity contribution in [1.82, 2.24) is 5.32 Å². The van der Waals surface area contributed by atoms with Crippen molar-refractivity contribution in [1.29, 1.82) is 0 Å². The number of nitrogens with one attached hydrogen (secondary N) is 2. The maximum atomic E-state index is 12.0. The minimum absolute atomic E-state index is 0.0821. The van der Waals surface area contributed by atoms with Crippen LogP contribution in [0.3, 0.4) is 0 Å². The summed E-state index contributed by atoms with van der Waals surface area (Å²) in [5.74, 6) is 0.578. The van der Waals surface area contributed by atoms with Crippen LogP contribution in [-0.4, -0.2) is 38.3 Å². The van der Waals surface area contributed by atoms with Gasteiger partial charge in [-0.15, -0.1) is 0 Å². The number of amides is 1. The molecule has 1 heterocycles. The van der Waals surface area contributed by atoms with Crippen LogP contribution in [0.25, 0.3) is 0 Å². The first-order chi connectivity index (χ1) is 9.63. The lowest BCUT2D eigenvalue weighted by atomic mass is 9.95. The fraction of sp³-hybridized carbons (Fsp3) is 0.533. The molecule has 0 spiro atoms. The van der Waals surface area contributed by atoms with Crippen LogP contribution in [0.5, 0.6) is 5.75 Å². The van der Waals surface area contributed by atoms with Crippen molar-refractivity contribution >= 4 is 11.6 Å². The van der Waals surface area contributed by atoms with Gasteiger partial charge in [0.25, 0.3) is 0 Å². The summed E-state index contributed by atoms with van der Waals surface area (Å²) in [6, 6.07) is 7.37. The molecule has 1 saturated heterocycles. The lowest BCUT2D eigenvalue weighted by Gasteiger charge is -2.34. The maximum Gasteiger partial charge on any atom is 0.238 e. The molecule has 0 aromatic heterocycles. The highest BCUT2D eigenvalue weighted by Gasteiger charge is 2.27. The quantitative estimate of drug-likeness (QED) is 0.862. The second-order valence-electron chi connectivity index (χ2n) is 5.32. The standard InChI is InChI=1S/C15H22N2O3/c1-15(8-5-9-20-11-15)16-10-14(18)17-12-6-3-4-7-13(12)19-2/h3-4,6-7,16H,5,8-11H2,1-2H3,(H,17,18). The van der Waals surface area contributed by atoms with Gasteiger partial charge in [0.05, 0.1) is 25.9 Å². The number of anilines is 1. The molecule has 2 N–H and O–H groups in total. The molecule has 2 rings (SSSR count). The van der Waals surface area contributed by atoms with Gasteiger partial charge >= 0.3 is 0 Å².